The Labute approximate surface area is 115 Å². The number of nitrogens with one attached hydrogen (secondary N) is 1. The average molecular weight is 295 g/mol. The van der Waals surface area contributed by atoms with Gasteiger partial charge in [-0.15, -0.1) is 0 Å². The van der Waals surface area contributed by atoms with Crippen molar-refractivity contribution in [2.45, 2.75) is 42.7 Å². The van der Waals surface area contributed by atoms with Gasteiger partial charge in [-0.3, -0.25) is 0 Å². The van der Waals surface area contributed by atoms with Gasteiger partial charge in [0.25, 0.3) is 5.79 Å². The van der Waals surface area contributed by atoms with Crippen LogP contribution < -0.4 is 5.32 Å². The summed E-state index contributed by atoms with van der Waals surface area (Å²) in [7, 11) is 2.62. The maximum Gasteiger partial charge on any atom is 0.364 e. The lowest BCUT2D eigenvalue weighted by atomic mass is 9.90. The molecule has 6 N–H and O–H groups in total. The van der Waals surface area contributed by atoms with Crippen molar-refractivity contribution in [3.8, 4) is 0 Å². The number of rotatable bonds is 6. The van der Waals surface area contributed by atoms with Crippen LogP contribution >= 0.6 is 0 Å². The van der Waals surface area contributed by atoms with Gasteiger partial charge in [-0.25, -0.2) is 4.79 Å². The molecule has 1 rings (SSSR count). The van der Waals surface area contributed by atoms with E-state index in [2.05, 4.69) is 5.32 Å². The van der Waals surface area contributed by atoms with E-state index in [4.69, 9.17) is 14.6 Å². The predicted molar refractivity (Wildman–Crippen MR) is 64.8 cm³/mol. The number of hydrogen-bond donors (Lipinski definition) is 6. The van der Waals surface area contributed by atoms with Crippen LogP contribution in [0.2, 0.25) is 0 Å². The molecule has 20 heavy (non-hydrogen) atoms. The molecule has 1 saturated heterocycles. The first-order chi connectivity index (χ1) is 9.29. The minimum atomic E-state index is -2.18. The molecule has 2 unspecified atom stereocenters. The van der Waals surface area contributed by atoms with Crippen LogP contribution in [0, 0.1) is 0 Å². The van der Waals surface area contributed by atoms with Crippen LogP contribution in [0.5, 0.6) is 0 Å². The average Bonchev–Trinajstić information content (AvgIpc) is 2.41. The third-order valence-electron chi connectivity index (χ3n) is 3.33. The highest BCUT2D eigenvalue weighted by Gasteiger charge is 2.54. The van der Waals surface area contributed by atoms with Gasteiger partial charge in [-0.05, 0) is 7.05 Å². The summed E-state index contributed by atoms with van der Waals surface area (Å²) in [5.74, 6) is -3.67. The Bertz CT molecular complexity index is 340. The standard InChI is InChI=1S/C11H21NO8/c1-12-4-6(14)8(16)9-7(15)5(13)3-11(19-2,20-9)10(17)18/h5-9,12-16H,3-4H2,1-2H3,(H,17,18)/t5-,6-,7-,8?,9?,11-/m1/s1. The molecule has 0 saturated carbocycles. The van der Waals surface area contributed by atoms with Crippen molar-refractivity contribution in [1.82, 2.24) is 5.32 Å². The van der Waals surface area contributed by atoms with Crippen molar-refractivity contribution in [1.29, 1.82) is 0 Å². The van der Waals surface area contributed by atoms with Gasteiger partial charge in [0.1, 0.15) is 18.3 Å². The first-order valence-electron chi connectivity index (χ1n) is 6.12. The van der Waals surface area contributed by atoms with Crippen molar-refractivity contribution < 1.29 is 39.8 Å². The first-order valence-corrected chi connectivity index (χ1v) is 6.12. The van der Waals surface area contributed by atoms with E-state index in [1.54, 1.807) is 7.05 Å². The number of aliphatic hydroxyl groups excluding tert-OH is 4. The lowest BCUT2D eigenvalue weighted by Gasteiger charge is -2.44. The fourth-order valence-corrected chi connectivity index (χ4v) is 2.13. The first kappa shape index (κ1) is 17.2. The molecule has 0 aromatic heterocycles. The largest absolute Gasteiger partial charge is 0.477 e. The van der Waals surface area contributed by atoms with Crippen molar-refractivity contribution in [3.63, 3.8) is 0 Å². The highest BCUT2D eigenvalue weighted by atomic mass is 16.7. The van der Waals surface area contributed by atoms with Gasteiger partial charge in [-0.1, -0.05) is 0 Å². The van der Waals surface area contributed by atoms with E-state index in [0.717, 1.165) is 7.11 Å². The maximum atomic E-state index is 11.2. The van der Waals surface area contributed by atoms with Crippen LogP contribution in [-0.4, -0.2) is 88.5 Å². The lowest BCUT2D eigenvalue weighted by molar-refractivity contribution is -0.319. The molecular weight excluding hydrogens is 274 g/mol. The molecule has 1 fully saturated rings. The van der Waals surface area contributed by atoms with Gasteiger partial charge in [0, 0.05) is 20.1 Å². The van der Waals surface area contributed by atoms with Gasteiger partial charge < -0.3 is 40.3 Å². The molecule has 6 atom stereocenters. The molecule has 0 aliphatic carbocycles. The fraction of sp³-hybridized carbons (Fsp3) is 0.909. The van der Waals surface area contributed by atoms with E-state index < -0.39 is 48.7 Å². The Morgan fingerprint density at radius 1 is 1.50 bits per heavy atom. The minimum Gasteiger partial charge on any atom is -0.477 e. The number of likely N-dealkylation sites (N-methyl/N-ethyl adjacent to an activating group) is 1. The molecule has 0 aromatic carbocycles. The number of carboxylic acid groups (broad SMARTS) is 1. The van der Waals surface area contributed by atoms with Gasteiger partial charge in [-0.2, -0.15) is 0 Å². The number of methoxy groups -OCH3 is 1. The third kappa shape index (κ3) is 3.26. The Balaban J connectivity index is 2.95. The summed E-state index contributed by atoms with van der Waals surface area (Å²) < 4.78 is 9.90. The van der Waals surface area contributed by atoms with E-state index >= 15 is 0 Å². The van der Waals surface area contributed by atoms with E-state index in [1.165, 1.54) is 0 Å². The Hall–Kier alpha value is -0.810. The summed E-state index contributed by atoms with van der Waals surface area (Å²) in [4.78, 5) is 11.2. The minimum absolute atomic E-state index is 0.00308. The summed E-state index contributed by atoms with van der Waals surface area (Å²) in [5, 5.41) is 50.9. The third-order valence-corrected chi connectivity index (χ3v) is 3.33. The van der Waals surface area contributed by atoms with Gasteiger partial charge in [0.05, 0.1) is 12.2 Å². The molecule has 9 heteroatoms. The molecule has 0 amide bonds. The van der Waals surface area contributed by atoms with Gasteiger partial charge >= 0.3 is 5.97 Å². The summed E-state index contributed by atoms with van der Waals surface area (Å²) in [5.41, 5.74) is 0. The molecule has 0 aromatic rings. The Morgan fingerprint density at radius 2 is 2.10 bits per heavy atom. The predicted octanol–water partition coefficient (Wildman–Crippen LogP) is -3.13. The summed E-state index contributed by atoms with van der Waals surface area (Å²) >= 11 is 0. The van der Waals surface area contributed by atoms with E-state index in [0.29, 0.717) is 0 Å². The lowest BCUT2D eigenvalue weighted by Crippen LogP contribution is -2.63. The van der Waals surface area contributed by atoms with Gasteiger partial charge in [0.15, 0.2) is 0 Å². The fourth-order valence-electron chi connectivity index (χ4n) is 2.13. The zero-order valence-corrected chi connectivity index (χ0v) is 11.3. The van der Waals surface area contributed by atoms with E-state index in [-0.39, 0.29) is 6.54 Å². The molecule has 1 aliphatic heterocycles. The van der Waals surface area contributed by atoms with Crippen LogP contribution in [0.1, 0.15) is 6.42 Å². The number of aliphatic carboxylic acids is 1. The SMILES string of the molecule is CNC[C@@H](O)C(O)C1O[C@@](OC)(C(=O)O)C[C@@H](O)[C@H]1O. The van der Waals surface area contributed by atoms with Crippen LogP contribution in [0.15, 0.2) is 0 Å². The number of aliphatic hydroxyl groups is 4. The molecule has 0 spiro atoms. The number of carbonyl (C=O) groups is 1. The summed E-state index contributed by atoms with van der Waals surface area (Å²) in [6.45, 7) is -0.00308. The normalized spacial score (nSPS) is 37.4. The highest BCUT2D eigenvalue weighted by Crippen LogP contribution is 2.32. The number of carboxylic acids is 1. The number of hydrogen-bond acceptors (Lipinski definition) is 8. The summed E-state index contributed by atoms with van der Waals surface area (Å²) in [6.07, 6.45) is -7.92. The Kier molecular flexibility index (Phi) is 5.83. The second-order valence-corrected chi connectivity index (χ2v) is 4.72. The quantitative estimate of drug-likeness (QED) is 0.299. The smallest absolute Gasteiger partial charge is 0.364 e. The zero-order valence-electron chi connectivity index (χ0n) is 11.3. The van der Waals surface area contributed by atoms with Crippen molar-refractivity contribution in [2.24, 2.45) is 0 Å². The van der Waals surface area contributed by atoms with Gasteiger partial charge in [0.2, 0.25) is 0 Å². The highest BCUT2D eigenvalue weighted by molar-refractivity contribution is 5.76. The van der Waals surface area contributed by atoms with E-state index in [9.17, 15) is 25.2 Å². The van der Waals surface area contributed by atoms with E-state index in [1.807, 2.05) is 0 Å². The molecule has 1 aliphatic rings. The van der Waals surface area contributed by atoms with Crippen LogP contribution in [0.4, 0.5) is 0 Å². The monoisotopic (exact) mass is 295 g/mol. The second-order valence-electron chi connectivity index (χ2n) is 4.72. The second kappa shape index (κ2) is 6.76. The molecule has 9 nitrogen and oxygen atoms in total. The van der Waals surface area contributed by atoms with Crippen molar-refractivity contribution in [2.75, 3.05) is 20.7 Å². The van der Waals surface area contributed by atoms with Crippen LogP contribution in [-0.2, 0) is 14.3 Å². The number of ether oxygens (including phenoxy) is 2. The molecule has 0 radical (unpaired) electrons. The van der Waals surface area contributed by atoms with Crippen molar-refractivity contribution in [3.05, 3.63) is 0 Å². The van der Waals surface area contributed by atoms with Crippen molar-refractivity contribution >= 4 is 5.97 Å². The molecule has 0 bridgehead atoms. The topological polar surface area (TPSA) is 149 Å². The summed E-state index contributed by atoms with van der Waals surface area (Å²) in [6, 6.07) is 0. The maximum absolute atomic E-state index is 11.2. The molecule has 1 heterocycles. The van der Waals surface area contributed by atoms with Crippen LogP contribution in [0.3, 0.4) is 0 Å². The molecular formula is C11H21NO8. The van der Waals surface area contributed by atoms with Crippen LogP contribution in [0.25, 0.3) is 0 Å². The molecule has 118 valence electrons. The Morgan fingerprint density at radius 3 is 2.55 bits per heavy atom. The zero-order chi connectivity index (χ0) is 15.5.